The topological polar surface area (TPSA) is 58.6 Å². The summed E-state index contributed by atoms with van der Waals surface area (Å²) in [6, 6.07) is 13.8. The van der Waals surface area contributed by atoms with Crippen LogP contribution in [0.1, 0.15) is 20.7 Å². The van der Waals surface area contributed by atoms with Crippen molar-refractivity contribution in [1.82, 2.24) is 4.90 Å². The Labute approximate surface area is 145 Å². The summed E-state index contributed by atoms with van der Waals surface area (Å²) in [6.07, 6.45) is 0. The molecule has 24 heavy (non-hydrogen) atoms. The van der Waals surface area contributed by atoms with E-state index in [9.17, 15) is 9.59 Å². The van der Waals surface area contributed by atoms with Crippen molar-refractivity contribution in [2.24, 2.45) is 0 Å². The number of halogens is 1. The maximum Gasteiger partial charge on any atom is 0.255 e. The maximum atomic E-state index is 12.5. The molecule has 0 radical (unpaired) electrons. The van der Waals surface area contributed by atoms with E-state index >= 15 is 0 Å². The van der Waals surface area contributed by atoms with Crippen molar-refractivity contribution < 1.29 is 14.3 Å². The fourth-order valence-corrected chi connectivity index (χ4v) is 2.76. The van der Waals surface area contributed by atoms with Crippen molar-refractivity contribution in [1.29, 1.82) is 0 Å². The lowest BCUT2D eigenvalue weighted by molar-refractivity contribution is 0.0303. The molecule has 5 nitrogen and oxygen atoms in total. The third-order valence-electron chi connectivity index (χ3n) is 3.79. The van der Waals surface area contributed by atoms with Gasteiger partial charge in [-0.3, -0.25) is 9.59 Å². The summed E-state index contributed by atoms with van der Waals surface area (Å²) in [7, 11) is 0. The normalized spacial score (nSPS) is 14.3. The molecule has 0 spiro atoms. The number of anilines is 1. The van der Waals surface area contributed by atoms with Crippen molar-refractivity contribution in [3.63, 3.8) is 0 Å². The number of morpholine rings is 1. The molecule has 2 aromatic carbocycles. The standard InChI is InChI=1S/C18H17ClN2O3/c19-16-12-14(20-17(22)13-4-2-1-3-5-13)6-7-15(16)18(23)21-8-10-24-11-9-21/h1-7,12H,8-11H2,(H,20,22). The fourth-order valence-electron chi connectivity index (χ4n) is 2.50. The van der Waals surface area contributed by atoms with Crippen LogP contribution in [0.3, 0.4) is 0 Å². The van der Waals surface area contributed by atoms with Crippen LogP contribution in [0.25, 0.3) is 0 Å². The second kappa shape index (κ2) is 7.47. The molecule has 124 valence electrons. The Balaban J connectivity index is 1.72. The number of amides is 2. The minimum Gasteiger partial charge on any atom is -0.378 e. The van der Waals surface area contributed by atoms with Crippen LogP contribution in [0.15, 0.2) is 48.5 Å². The number of hydrogen-bond donors (Lipinski definition) is 1. The molecule has 1 aliphatic heterocycles. The summed E-state index contributed by atoms with van der Waals surface area (Å²) < 4.78 is 5.25. The monoisotopic (exact) mass is 344 g/mol. The average molecular weight is 345 g/mol. The van der Waals surface area contributed by atoms with Gasteiger partial charge in [-0.1, -0.05) is 29.8 Å². The number of carbonyl (C=O) groups excluding carboxylic acids is 2. The first kappa shape index (κ1) is 16.5. The molecule has 1 heterocycles. The maximum absolute atomic E-state index is 12.5. The minimum absolute atomic E-state index is 0.121. The molecule has 1 fully saturated rings. The predicted octanol–water partition coefficient (Wildman–Crippen LogP) is 3.06. The van der Waals surface area contributed by atoms with Crippen LogP contribution in [-0.2, 0) is 4.74 Å². The van der Waals surface area contributed by atoms with Crippen molar-refractivity contribution in [3.05, 3.63) is 64.7 Å². The van der Waals surface area contributed by atoms with Gasteiger partial charge in [0.25, 0.3) is 11.8 Å². The molecular weight excluding hydrogens is 328 g/mol. The fraction of sp³-hybridized carbons (Fsp3) is 0.222. The van der Waals surface area contributed by atoms with E-state index in [0.29, 0.717) is 48.1 Å². The zero-order valence-corrected chi connectivity index (χ0v) is 13.8. The highest BCUT2D eigenvalue weighted by molar-refractivity contribution is 6.34. The highest BCUT2D eigenvalue weighted by Gasteiger charge is 2.21. The van der Waals surface area contributed by atoms with E-state index in [-0.39, 0.29) is 11.8 Å². The molecule has 0 bridgehead atoms. The van der Waals surface area contributed by atoms with E-state index in [2.05, 4.69) is 5.32 Å². The number of nitrogens with one attached hydrogen (secondary N) is 1. The number of rotatable bonds is 3. The van der Waals surface area contributed by atoms with E-state index in [1.807, 2.05) is 6.07 Å². The van der Waals surface area contributed by atoms with Crippen LogP contribution in [0.4, 0.5) is 5.69 Å². The van der Waals surface area contributed by atoms with Crippen molar-refractivity contribution in [3.8, 4) is 0 Å². The molecule has 0 aromatic heterocycles. The van der Waals surface area contributed by atoms with Gasteiger partial charge in [0.05, 0.1) is 23.8 Å². The summed E-state index contributed by atoms with van der Waals surface area (Å²) in [4.78, 5) is 26.3. The van der Waals surface area contributed by atoms with Crippen LogP contribution in [0.2, 0.25) is 5.02 Å². The van der Waals surface area contributed by atoms with E-state index in [1.54, 1.807) is 47.4 Å². The molecule has 2 aromatic rings. The summed E-state index contributed by atoms with van der Waals surface area (Å²) in [5, 5.41) is 3.09. The molecular formula is C18H17ClN2O3. The van der Waals surface area contributed by atoms with Gasteiger partial charge < -0.3 is 15.0 Å². The van der Waals surface area contributed by atoms with Gasteiger partial charge in [-0.2, -0.15) is 0 Å². The largest absolute Gasteiger partial charge is 0.378 e. The van der Waals surface area contributed by atoms with Crippen LogP contribution >= 0.6 is 11.6 Å². The predicted molar refractivity (Wildman–Crippen MR) is 92.6 cm³/mol. The third kappa shape index (κ3) is 3.75. The quantitative estimate of drug-likeness (QED) is 0.931. The lowest BCUT2D eigenvalue weighted by atomic mass is 10.1. The number of hydrogen-bond acceptors (Lipinski definition) is 3. The summed E-state index contributed by atoms with van der Waals surface area (Å²) in [6.45, 7) is 2.19. The van der Waals surface area contributed by atoms with Crippen molar-refractivity contribution in [2.45, 2.75) is 0 Å². The first-order valence-corrected chi connectivity index (χ1v) is 8.06. The Morgan fingerprint density at radius 3 is 2.42 bits per heavy atom. The molecule has 0 saturated carbocycles. The zero-order chi connectivity index (χ0) is 16.9. The van der Waals surface area contributed by atoms with Crippen LogP contribution < -0.4 is 5.32 Å². The Morgan fingerprint density at radius 2 is 1.75 bits per heavy atom. The Kier molecular flexibility index (Phi) is 5.13. The molecule has 2 amide bonds. The van der Waals surface area contributed by atoms with Gasteiger partial charge in [0, 0.05) is 24.3 Å². The van der Waals surface area contributed by atoms with Gasteiger partial charge in [-0.25, -0.2) is 0 Å². The highest BCUT2D eigenvalue weighted by Crippen LogP contribution is 2.23. The van der Waals surface area contributed by atoms with Crippen LogP contribution in [0.5, 0.6) is 0 Å². The summed E-state index contributed by atoms with van der Waals surface area (Å²) in [5.74, 6) is -0.344. The third-order valence-corrected chi connectivity index (χ3v) is 4.10. The smallest absolute Gasteiger partial charge is 0.255 e. The first-order valence-electron chi connectivity index (χ1n) is 7.68. The molecule has 1 aliphatic rings. The highest BCUT2D eigenvalue weighted by atomic mass is 35.5. The van der Waals surface area contributed by atoms with Gasteiger partial charge in [-0.05, 0) is 30.3 Å². The van der Waals surface area contributed by atoms with Crippen molar-refractivity contribution >= 4 is 29.1 Å². The number of carbonyl (C=O) groups is 2. The van der Waals surface area contributed by atoms with E-state index < -0.39 is 0 Å². The van der Waals surface area contributed by atoms with E-state index in [4.69, 9.17) is 16.3 Å². The number of nitrogens with zero attached hydrogens (tertiary/aromatic N) is 1. The Hall–Kier alpha value is -2.37. The zero-order valence-electron chi connectivity index (χ0n) is 13.0. The lowest BCUT2D eigenvalue weighted by Crippen LogP contribution is -2.40. The van der Waals surface area contributed by atoms with E-state index in [1.165, 1.54) is 0 Å². The van der Waals surface area contributed by atoms with Gasteiger partial charge in [-0.15, -0.1) is 0 Å². The van der Waals surface area contributed by atoms with Gasteiger partial charge in [0.2, 0.25) is 0 Å². The number of ether oxygens (including phenoxy) is 1. The van der Waals surface area contributed by atoms with Crippen LogP contribution in [-0.4, -0.2) is 43.0 Å². The molecule has 6 heteroatoms. The van der Waals surface area contributed by atoms with Crippen molar-refractivity contribution in [2.75, 3.05) is 31.6 Å². The SMILES string of the molecule is O=C(Nc1ccc(C(=O)N2CCOCC2)c(Cl)c1)c1ccccc1. The average Bonchev–Trinajstić information content (AvgIpc) is 2.63. The Morgan fingerprint density at radius 1 is 1.04 bits per heavy atom. The minimum atomic E-state index is -0.223. The Bertz CT molecular complexity index is 743. The summed E-state index contributed by atoms with van der Waals surface area (Å²) in [5.41, 5.74) is 1.53. The molecule has 1 N–H and O–H groups in total. The number of benzene rings is 2. The molecule has 1 saturated heterocycles. The van der Waals surface area contributed by atoms with E-state index in [0.717, 1.165) is 0 Å². The molecule has 0 unspecified atom stereocenters. The van der Waals surface area contributed by atoms with Crippen LogP contribution in [0, 0.1) is 0 Å². The second-order valence-electron chi connectivity index (χ2n) is 5.42. The molecule has 0 aliphatic carbocycles. The van der Waals surface area contributed by atoms with Gasteiger partial charge in [0.1, 0.15) is 0 Å². The second-order valence-corrected chi connectivity index (χ2v) is 5.83. The molecule has 0 atom stereocenters. The summed E-state index contributed by atoms with van der Waals surface area (Å²) >= 11 is 6.24. The molecule has 3 rings (SSSR count). The first-order chi connectivity index (χ1) is 11.6. The van der Waals surface area contributed by atoms with Gasteiger partial charge in [0.15, 0.2) is 0 Å². The van der Waals surface area contributed by atoms with Gasteiger partial charge >= 0.3 is 0 Å². The lowest BCUT2D eigenvalue weighted by Gasteiger charge is -2.27.